The zero-order chi connectivity index (χ0) is 21.5. The highest BCUT2D eigenvalue weighted by molar-refractivity contribution is 5.84. The van der Waals surface area contributed by atoms with Gasteiger partial charge in [-0.15, -0.1) is 0 Å². The van der Waals surface area contributed by atoms with Gasteiger partial charge in [0, 0.05) is 29.7 Å². The molecule has 6 rings (SSSR count). The van der Waals surface area contributed by atoms with E-state index in [1.165, 1.54) is 0 Å². The number of aromatic amines is 1. The van der Waals surface area contributed by atoms with Crippen molar-refractivity contribution in [3.05, 3.63) is 91.3 Å². The van der Waals surface area contributed by atoms with Crippen LogP contribution in [0.5, 0.6) is 11.6 Å². The number of nitrogens with zero attached hydrogens (tertiary/aromatic N) is 4. The summed E-state index contributed by atoms with van der Waals surface area (Å²) >= 11 is 0. The van der Waals surface area contributed by atoms with Crippen LogP contribution >= 0.6 is 0 Å². The number of ether oxygens (including phenoxy) is 1. The predicted molar refractivity (Wildman–Crippen MR) is 126 cm³/mol. The molecule has 0 saturated heterocycles. The van der Waals surface area contributed by atoms with E-state index in [1.54, 1.807) is 10.9 Å². The van der Waals surface area contributed by atoms with E-state index in [0.717, 1.165) is 38.6 Å². The fourth-order valence-corrected chi connectivity index (χ4v) is 3.88. The Morgan fingerprint density at radius 3 is 2.56 bits per heavy atom. The van der Waals surface area contributed by atoms with Crippen LogP contribution in [0.4, 0.5) is 0 Å². The SMILES string of the molecule is Cn1ncc2c(Oc3ccc4[nH]ccc4c3)nc(-c3cccc(-c4ccccc4)c3)nc21. The lowest BCUT2D eigenvalue weighted by Crippen LogP contribution is -1.98. The molecule has 0 fully saturated rings. The molecule has 32 heavy (non-hydrogen) atoms. The molecule has 0 atom stereocenters. The quantitative estimate of drug-likeness (QED) is 0.384. The molecule has 6 heteroatoms. The molecule has 3 heterocycles. The van der Waals surface area contributed by atoms with Crippen molar-refractivity contribution in [1.29, 1.82) is 0 Å². The summed E-state index contributed by atoms with van der Waals surface area (Å²) in [7, 11) is 1.87. The summed E-state index contributed by atoms with van der Waals surface area (Å²) in [6, 6.07) is 26.4. The molecular weight excluding hydrogens is 398 g/mol. The van der Waals surface area contributed by atoms with E-state index in [1.807, 2.05) is 67.8 Å². The van der Waals surface area contributed by atoms with Gasteiger partial charge >= 0.3 is 0 Å². The van der Waals surface area contributed by atoms with Crippen LogP contribution in [0.3, 0.4) is 0 Å². The maximum atomic E-state index is 6.24. The van der Waals surface area contributed by atoms with Crippen molar-refractivity contribution in [2.24, 2.45) is 7.05 Å². The van der Waals surface area contributed by atoms with E-state index < -0.39 is 0 Å². The van der Waals surface area contributed by atoms with Crippen LogP contribution < -0.4 is 4.74 Å². The molecule has 0 spiro atoms. The first kappa shape index (κ1) is 18.3. The predicted octanol–water partition coefficient (Wildman–Crippen LogP) is 5.97. The van der Waals surface area contributed by atoms with E-state index in [-0.39, 0.29) is 0 Å². The molecule has 0 amide bonds. The monoisotopic (exact) mass is 417 g/mol. The van der Waals surface area contributed by atoms with Crippen LogP contribution in [0.1, 0.15) is 0 Å². The van der Waals surface area contributed by atoms with Crippen molar-refractivity contribution >= 4 is 21.9 Å². The maximum absolute atomic E-state index is 6.24. The number of H-pyrrole nitrogens is 1. The van der Waals surface area contributed by atoms with Crippen molar-refractivity contribution in [3.8, 4) is 34.1 Å². The minimum Gasteiger partial charge on any atom is -0.438 e. The van der Waals surface area contributed by atoms with Crippen molar-refractivity contribution in [3.63, 3.8) is 0 Å². The van der Waals surface area contributed by atoms with Gasteiger partial charge in [0.2, 0.25) is 5.88 Å². The molecule has 6 aromatic rings. The zero-order valence-corrected chi connectivity index (χ0v) is 17.4. The summed E-state index contributed by atoms with van der Waals surface area (Å²) in [5.74, 6) is 1.79. The molecule has 3 aromatic carbocycles. The van der Waals surface area contributed by atoms with Gasteiger partial charge in [-0.1, -0.05) is 48.5 Å². The van der Waals surface area contributed by atoms with Gasteiger partial charge in [0.1, 0.15) is 11.1 Å². The van der Waals surface area contributed by atoms with Gasteiger partial charge in [-0.25, -0.2) is 4.98 Å². The number of hydrogen-bond donors (Lipinski definition) is 1. The van der Waals surface area contributed by atoms with Crippen LogP contribution in [0.15, 0.2) is 91.3 Å². The molecule has 154 valence electrons. The summed E-state index contributed by atoms with van der Waals surface area (Å²) in [4.78, 5) is 12.8. The molecule has 0 aliphatic carbocycles. The maximum Gasteiger partial charge on any atom is 0.234 e. The Morgan fingerprint density at radius 2 is 1.66 bits per heavy atom. The highest BCUT2D eigenvalue weighted by Gasteiger charge is 2.15. The normalized spacial score (nSPS) is 11.3. The standard InChI is InChI=1S/C26H19N5O/c1-31-25-22(16-28-31)26(32-21-10-11-23-19(15-21)12-13-27-23)30-24(29-25)20-9-5-8-18(14-20)17-6-3-2-4-7-17/h2-16,27H,1H3. The second-order valence-electron chi connectivity index (χ2n) is 7.63. The van der Waals surface area contributed by atoms with E-state index >= 15 is 0 Å². The highest BCUT2D eigenvalue weighted by Crippen LogP contribution is 2.32. The summed E-state index contributed by atoms with van der Waals surface area (Å²) in [6.07, 6.45) is 3.65. The molecule has 0 aliphatic rings. The summed E-state index contributed by atoms with van der Waals surface area (Å²) in [5, 5.41) is 6.22. The van der Waals surface area contributed by atoms with Crippen molar-refractivity contribution < 1.29 is 4.74 Å². The van der Waals surface area contributed by atoms with Crippen LogP contribution in [0.25, 0.3) is 44.5 Å². The van der Waals surface area contributed by atoms with Crippen LogP contribution in [0.2, 0.25) is 0 Å². The van der Waals surface area contributed by atoms with Crippen LogP contribution in [-0.2, 0) is 7.05 Å². The number of aryl methyl sites for hydroxylation is 1. The third-order valence-corrected chi connectivity index (χ3v) is 5.52. The molecule has 0 radical (unpaired) electrons. The molecule has 0 saturated carbocycles. The summed E-state index contributed by atoms with van der Waals surface area (Å²) in [6.45, 7) is 0. The molecule has 0 aliphatic heterocycles. The molecule has 1 N–H and O–H groups in total. The Labute approximate surface area is 184 Å². The van der Waals surface area contributed by atoms with Crippen molar-refractivity contribution in [2.75, 3.05) is 0 Å². The van der Waals surface area contributed by atoms with E-state index in [4.69, 9.17) is 14.7 Å². The number of fused-ring (bicyclic) bond motifs is 2. The molecular formula is C26H19N5O. The number of benzene rings is 3. The van der Waals surface area contributed by atoms with Crippen molar-refractivity contribution in [2.45, 2.75) is 0 Å². The average Bonchev–Trinajstić information content (AvgIpc) is 3.46. The van der Waals surface area contributed by atoms with Gasteiger partial charge in [0.15, 0.2) is 11.5 Å². The highest BCUT2D eigenvalue weighted by atomic mass is 16.5. The lowest BCUT2D eigenvalue weighted by atomic mass is 10.0. The lowest BCUT2D eigenvalue weighted by molar-refractivity contribution is 0.469. The third-order valence-electron chi connectivity index (χ3n) is 5.52. The number of hydrogen-bond acceptors (Lipinski definition) is 4. The first-order valence-corrected chi connectivity index (χ1v) is 10.4. The summed E-state index contributed by atoms with van der Waals surface area (Å²) in [5.41, 5.74) is 4.95. The number of aromatic nitrogens is 5. The van der Waals surface area contributed by atoms with Gasteiger partial charge in [-0.05, 0) is 41.5 Å². The molecule has 0 unspecified atom stereocenters. The van der Waals surface area contributed by atoms with Crippen molar-refractivity contribution in [1.82, 2.24) is 24.7 Å². The van der Waals surface area contributed by atoms with Gasteiger partial charge in [-0.3, -0.25) is 4.68 Å². The van der Waals surface area contributed by atoms with Gasteiger partial charge in [0.05, 0.1) is 6.20 Å². The van der Waals surface area contributed by atoms with Gasteiger partial charge < -0.3 is 9.72 Å². The average molecular weight is 417 g/mol. The third kappa shape index (κ3) is 3.18. The minimum absolute atomic E-state index is 0.484. The Kier molecular flexibility index (Phi) is 4.21. The number of nitrogens with one attached hydrogen (secondary N) is 1. The van der Waals surface area contributed by atoms with Crippen LogP contribution in [-0.4, -0.2) is 24.7 Å². The van der Waals surface area contributed by atoms with Crippen LogP contribution in [0, 0.1) is 0 Å². The first-order valence-electron chi connectivity index (χ1n) is 10.4. The smallest absolute Gasteiger partial charge is 0.234 e. The fourth-order valence-electron chi connectivity index (χ4n) is 3.88. The van der Waals surface area contributed by atoms with Gasteiger partial charge in [0.25, 0.3) is 0 Å². The molecule has 0 bridgehead atoms. The summed E-state index contributed by atoms with van der Waals surface area (Å²) < 4.78 is 7.98. The second-order valence-corrected chi connectivity index (χ2v) is 7.63. The Hall–Kier alpha value is -4.45. The van der Waals surface area contributed by atoms with E-state index in [2.05, 4.69) is 34.3 Å². The first-order chi connectivity index (χ1) is 15.7. The van der Waals surface area contributed by atoms with Gasteiger partial charge in [-0.2, -0.15) is 10.1 Å². The minimum atomic E-state index is 0.484. The lowest BCUT2D eigenvalue weighted by Gasteiger charge is -2.10. The largest absolute Gasteiger partial charge is 0.438 e. The molecule has 6 nitrogen and oxygen atoms in total. The molecule has 3 aromatic heterocycles. The topological polar surface area (TPSA) is 68.6 Å². The fraction of sp³-hybridized carbons (Fsp3) is 0.0385. The Morgan fingerprint density at radius 1 is 0.812 bits per heavy atom. The zero-order valence-electron chi connectivity index (χ0n) is 17.4. The van der Waals surface area contributed by atoms with E-state index in [0.29, 0.717) is 17.5 Å². The second kappa shape index (κ2) is 7.35. The Bertz CT molecular complexity index is 1570. The number of rotatable bonds is 4. The van der Waals surface area contributed by atoms with E-state index in [9.17, 15) is 0 Å². The Balaban J connectivity index is 1.46.